The molecule has 0 radical (unpaired) electrons. The van der Waals surface area contributed by atoms with Gasteiger partial charge in [-0.05, 0) is 19.2 Å². The minimum Gasteiger partial charge on any atom is -0.461 e. The summed E-state index contributed by atoms with van der Waals surface area (Å²) < 4.78 is 15.8. The highest BCUT2D eigenvalue weighted by atomic mass is 16.5. The number of rotatable bonds is 5. The number of carbonyl (C=O) groups is 1. The predicted octanol–water partition coefficient (Wildman–Crippen LogP) is 1.23. The van der Waals surface area contributed by atoms with Crippen molar-refractivity contribution in [2.45, 2.75) is 6.61 Å². The van der Waals surface area contributed by atoms with Gasteiger partial charge in [0.1, 0.15) is 12.3 Å². The number of hydrogen-bond acceptors (Lipinski definition) is 6. The van der Waals surface area contributed by atoms with Crippen molar-refractivity contribution < 1.29 is 18.5 Å². The van der Waals surface area contributed by atoms with E-state index in [1.807, 2.05) is 4.90 Å². The molecule has 0 bridgehead atoms. The van der Waals surface area contributed by atoms with E-state index in [9.17, 15) is 4.79 Å². The van der Waals surface area contributed by atoms with Gasteiger partial charge in [0.2, 0.25) is 11.7 Å². The van der Waals surface area contributed by atoms with Gasteiger partial charge in [0, 0.05) is 32.2 Å². The van der Waals surface area contributed by atoms with Crippen LogP contribution in [-0.4, -0.2) is 60.7 Å². The summed E-state index contributed by atoms with van der Waals surface area (Å²) in [4.78, 5) is 16.0. The molecule has 0 unspecified atom stereocenters. The summed E-state index contributed by atoms with van der Waals surface area (Å²) in [6.07, 6.45) is 1.57. The molecule has 7 nitrogen and oxygen atoms in total. The Kier molecular flexibility index (Phi) is 4.55. The number of ether oxygens (including phenoxy) is 1. The lowest BCUT2D eigenvalue weighted by atomic mass is 10.3. The summed E-state index contributed by atoms with van der Waals surface area (Å²) in [5.74, 6) is 1.18. The molecule has 1 amide bonds. The molecule has 0 aromatic carbocycles. The van der Waals surface area contributed by atoms with E-state index in [1.165, 1.54) is 0 Å². The Balaban J connectivity index is 1.44. The molecule has 0 spiro atoms. The van der Waals surface area contributed by atoms with Gasteiger partial charge < -0.3 is 23.5 Å². The Morgan fingerprint density at radius 3 is 2.86 bits per heavy atom. The van der Waals surface area contributed by atoms with Crippen molar-refractivity contribution in [2.75, 3.05) is 39.8 Å². The van der Waals surface area contributed by atoms with Crippen LogP contribution in [-0.2, 0) is 16.1 Å². The van der Waals surface area contributed by atoms with Gasteiger partial charge in [0.05, 0.1) is 12.9 Å². The van der Waals surface area contributed by atoms with Crippen LogP contribution >= 0.6 is 0 Å². The number of likely N-dealkylation sites (N-methyl/N-ethyl adjacent to an activating group) is 1. The quantitative estimate of drug-likeness (QED) is 0.827. The first-order valence-electron chi connectivity index (χ1n) is 7.26. The smallest absolute Gasteiger partial charge is 0.248 e. The van der Waals surface area contributed by atoms with E-state index in [-0.39, 0.29) is 19.1 Å². The van der Waals surface area contributed by atoms with Gasteiger partial charge in [0.25, 0.3) is 0 Å². The lowest BCUT2D eigenvalue weighted by Crippen LogP contribution is -2.48. The van der Waals surface area contributed by atoms with Crippen molar-refractivity contribution >= 4 is 5.91 Å². The van der Waals surface area contributed by atoms with Gasteiger partial charge in [-0.25, -0.2) is 0 Å². The fourth-order valence-corrected chi connectivity index (χ4v) is 2.30. The molecule has 1 aliphatic rings. The van der Waals surface area contributed by atoms with Gasteiger partial charge in [-0.3, -0.25) is 4.79 Å². The zero-order valence-electron chi connectivity index (χ0n) is 12.5. The first-order chi connectivity index (χ1) is 10.7. The molecule has 0 atom stereocenters. The summed E-state index contributed by atoms with van der Waals surface area (Å²) in [5.41, 5.74) is 0.637. The molecule has 118 valence electrons. The van der Waals surface area contributed by atoms with Crippen LogP contribution in [0.2, 0.25) is 0 Å². The number of hydrogen-bond donors (Lipinski definition) is 0. The molecule has 0 aliphatic carbocycles. The molecule has 22 heavy (non-hydrogen) atoms. The number of aromatic nitrogens is 1. The van der Waals surface area contributed by atoms with Gasteiger partial charge in [-0.15, -0.1) is 0 Å². The summed E-state index contributed by atoms with van der Waals surface area (Å²) >= 11 is 0. The van der Waals surface area contributed by atoms with Gasteiger partial charge in [-0.1, -0.05) is 5.16 Å². The second kappa shape index (κ2) is 6.76. The van der Waals surface area contributed by atoms with Crippen LogP contribution in [0.1, 0.15) is 5.69 Å². The van der Waals surface area contributed by atoms with Crippen molar-refractivity contribution in [3.8, 4) is 11.5 Å². The fourth-order valence-electron chi connectivity index (χ4n) is 2.30. The molecule has 3 heterocycles. The van der Waals surface area contributed by atoms with Crippen LogP contribution in [0.15, 0.2) is 33.4 Å². The van der Waals surface area contributed by atoms with Gasteiger partial charge in [-0.2, -0.15) is 0 Å². The number of furan rings is 1. The van der Waals surface area contributed by atoms with Crippen LogP contribution in [0.25, 0.3) is 11.5 Å². The highest BCUT2D eigenvalue weighted by molar-refractivity contribution is 5.77. The van der Waals surface area contributed by atoms with Crippen LogP contribution in [0.3, 0.4) is 0 Å². The summed E-state index contributed by atoms with van der Waals surface area (Å²) in [7, 11) is 2.06. The summed E-state index contributed by atoms with van der Waals surface area (Å²) in [6.45, 7) is 3.62. The molecule has 1 aliphatic heterocycles. The predicted molar refractivity (Wildman–Crippen MR) is 77.9 cm³/mol. The zero-order valence-corrected chi connectivity index (χ0v) is 12.5. The minimum atomic E-state index is 0.0165. The number of amides is 1. The first-order valence-corrected chi connectivity index (χ1v) is 7.26. The molecular weight excluding hydrogens is 286 g/mol. The second-order valence-corrected chi connectivity index (χ2v) is 5.34. The molecule has 0 N–H and O–H groups in total. The zero-order chi connectivity index (χ0) is 15.4. The van der Waals surface area contributed by atoms with Gasteiger partial charge in [0.15, 0.2) is 5.76 Å². The topological polar surface area (TPSA) is 72.0 Å². The van der Waals surface area contributed by atoms with Crippen LogP contribution < -0.4 is 0 Å². The highest BCUT2D eigenvalue weighted by Gasteiger charge is 2.19. The Labute approximate surface area is 128 Å². The van der Waals surface area contributed by atoms with Crippen molar-refractivity contribution in [1.82, 2.24) is 15.0 Å². The Hall–Kier alpha value is -2.12. The molecule has 1 saturated heterocycles. The average Bonchev–Trinajstić information content (AvgIpc) is 3.19. The minimum absolute atomic E-state index is 0.0165. The standard InChI is InChI=1S/C15H19N3O4/c1-17-4-6-18(7-5-17)15(19)11-20-10-12-9-14(22-16-12)13-3-2-8-21-13/h2-3,8-9H,4-7,10-11H2,1H3. The number of nitrogens with zero attached hydrogens (tertiary/aromatic N) is 3. The lowest BCUT2D eigenvalue weighted by Gasteiger charge is -2.32. The Morgan fingerprint density at radius 1 is 1.32 bits per heavy atom. The van der Waals surface area contributed by atoms with E-state index in [0.29, 0.717) is 17.2 Å². The SMILES string of the molecule is CN1CCN(C(=O)COCc2cc(-c3ccco3)on2)CC1. The van der Waals surface area contributed by atoms with E-state index >= 15 is 0 Å². The average molecular weight is 305 g/mol. The van der Waals surface area contributed by atoms with E-state index < -0.39 is 0 Å². The third-order valence-electron chi connectivity index (χ3n) is 3.65. The Bertz CT molecular complexity index is 600. The monoisotopic (exact) mass is 305 g/mol. The van der Waals surface area contributed by atoms with Crippen LogP contribution in [0.5, 0.6) is 0 Å². The summed E-state index contributed by atoms with van der Waals surface area (Å²) in [6, 6.07) is 5.32. The van der Waals surface area contributed by atoms with Crippen LogP contribution in [0.4, 0.5) is 0 Å². The molecule has 0 saturated carbocycles. The molecule has 3 rings (SSSR count). The van der Waals surface area contributed by atoms with E-state index in [4.69, 9.17) is 13.7 Å². The van der Waals surface area contributed by atoms with E-state index in [2.05, 4.69) is 17.1 Å². The first kappa shape index (κ1) is 14.8. The molecule has 2 aromatic heterocycles. The molecule has 7 heteroatoms. The third kappa shape index (κ3) is 3.55. The second-order valence-electron chi connectivity index (χ2n) is 5.34. The van der Waals surface area contributed by atoms with Crippen LogP contribution in [0, 0.1) is 0 Å². The van der Waals surface area contributed by atoms with Crippen molar-refractivity contribution in [3.63, 3.8) is 0 Å². The lowest BCUT2D eigenvalue weighted by molar-refractivity contribution is -0.138. The maximum Gasteiger partial charge on any atom is 0.248 e. The van der Waals surface area contributed by atoms with E-state index in [0.717, 1.165) is 26.2 Å². The fraction of sp³-hybridized carbons (Fsp3) is 0.467. The maximum atomic E-state index is 12.0. The van der Waals surface area contributed by atoms with E-state index in [1.54, 1.807) is 24.5 Å². The third-order valence-corrected chi connectivity index (χ3v) is 3.65. The largest absolute Gasteiger partial charge is 0.461 e. The van der Waals surface area contributed by atoms with Crippen molar-refractivity contribution in [1.29, 1.82) is 0 Å². The van der Waals surface area contributed by atoms with Crippen molar-refractivity contribution in [2.24, 2.45) is 0 Å². The molecular formula is C15H19N3O4. The van der Waals surface area contributed by atoms with Crippen molar-refractivity contribution in [3.05, 3.63) is 30.2 Å². The number of carbonyl (C=O) groups excluding carboxylic acids is 1. The van der Waals surface area contributed by atoms with Gasteiger partial charge >= 0.3 is 0 Å². The normalized spacial score (nSPS) is 16.1. The Morgan fingerprint density at radius 2 is 2.14 bits per heavy atom. The summed E-state index contributed by atoms with van der Waals surface area (Å²) in [5, 5.41) is 3.90. The molecule has 1 fully saturated rings. The molecule has 2 aromatic rings. The highest BCUT2D eigenvalue weighted by Crippen LogP contribution is 2.20. The maximum absolute atomic E-state index is 12.0. The number of piperazine rings is 1.